The molecular formula is C22H29N5O4S. The maximum Gasteiger partial charge on any atom is 0.248 e. The van der Waals surface area contributed by atoms with Gasteiger partial charge in [-0.05, 0) is 52.7 Å². The molecule has 2 unspecified atom stereocenters. The number of hydrogen-bond acceptors (Lipinski definition) is 6. The Balaban J connectivity index is 1.51. The van der Waals surface area contributed by atoms with Crippen molar-refractivity contribution in [3.05, 3.63) is 41.5 Å². The second-order valence-corrected chi connectivity index (χ2v) is 10.2. The maximum atomic E-state index is 13.2. The Morgan fingerprint density at radius 3 is 2.75 bits per heavy atom. The first-order chi connectivity index (χ1) is 15.2. The topological polar surface area (TPSA) is 110 Å². The summed E-state index contributed by atoms with van der Waals surface area (Å²) in [5, 5.41) is 6.83. The van der Waals surface area contributed by atoms with E-state index in [1.807, 2.05) is 38.1 Å². The van der Waals surface area contributed by atoms with E-state index in [0.29, 0.717) is 25.1 Å². The molecule has 1 fully saturated rings. The Labute approximate surface area is 187 Å². The molecule has 1 aliphatic heterocycles. The molecule has 10 heteroatoms. The Hall–Kier alpha value is -2.72. The number of sulfonamides is 1. The van der Waals surface area contributed by atoms with Gasteiger partial charge in [0.15, 0.2) is 5.76 Å². The monoisotopic (exact) mass is 459 g/mol. The molecule has 0 aliphatic carbocycles. The molecule has 3 heterocycles. The zero-order chi connectivity index (χ0) is 23.0. The lowest BCUT2D eigenvalue weighted by Gasteiger charge is -2.31. The molecule has 172 valence electrons. The third-order valence-electron chi connectivity index (χ3n) is 6.07. The number of hydrogen-bond donors (Lipinski definition) is 1. The lowest BCUT2D eigenvalue weighted by molar-refractivity contribution is -0.126. The average Bonchev–Trinajstić information content (AvgIpc) is 3.33. The second-order valence-electron chi connectivity index (χ2n) is 8.29. The number of rotatable bonds is 6. The van der Waals surface area contributed by atoms with Gasteiger partial charge in [-0.25, -0.2) is 13.4 Å². The van der Waals surface area contributed by atoms with E-state index in [0.717, 1.165) is 23.4 Å². The van der Waals surface area contributed by atoms with E-state index in [2.05, 4.69) is 15.0 Å². The predicted molar refractivity (Wildman–Crippen MR) is 119 cm³/mol. The first-order valence-corrected chi connectivity index (χ1v) is 12.4. The molecule has 0 bridgehead atoms. The molecule has 1 aromatic carbocycles. The Morgan fingerprint density at radius 1 is 1.31 bits per heavy atom. The molecule has 1 aliphatic rings. The summed E-state index contributed by atoms with van der Waals surface area (Å²) in [5.74, 6) is 0.464. The number of carbonyl (C=O) groups is 1. The minimum atomic E-state index is -3.77. The van der Waals surface area contributed by atoms with Crippen LogP contribution in [0.15, 0.2) is 33.7 Å². The molecule has 4 rings (SSSR count). The van der Waals surface area contributed by atoms with Crippen molar-refractivity contribution in [2.75, 3.05) is 13.1 Å². The highest BCUT2D eigenvalue weighted by Gasteiger charge is 2.37. The van der Waals surface area contributed by atoms with E-state index < -0.39 is 15.9 Å². The predicted octanol–water partition coefficient (Wildman–Crippen LogP) is 2.94. The van der Waals surface area contributed by atoms with Crippen molar-refractivity contribution in [3.8, 4) is 0 Å². The third-order valence-corrected chi connectivity index (χ3v) is 8.18. The molecule has 0 spiro atoms. The third kappa shape index (κ3) is 3.93. The SMILES string of the molecule is CCn1c(C(C)NC(=O)C2CCCN(S(=O)(=O)c3c(C)noc3C)C2)nc2ccccc21. The van der Waals surface area contributed by atoms with Crippen molar-refractivity contribution in [3.63, 3.8) is 0 Å². The molecule has 32 heavy (non-hydrogen) atoms. The standard InChI is InChI=1S/C22H29N5O4S/c1-5-27-19-11-7-6-10-18(19)24-21(27)15(3)23-22(28)17-9-8-12-26(13-17)32(29,30)20-14(2)25-31-16(20)4/h6-7,10-11,15,17H,5,8-9,12-13H2,1-4H3,(H,23,28). The van der Waals surface area contributed by atoms with Gasteiger partial charge in [-0.15, -0.1) is 0 Å². The number of aromatic nitrogens is 3. The van der Waals surface area contributed by atoms with Gasteiger partial charge in [0.1, 0.15) is 16.4 Å². The highest BCUT2D eigenvalue weighted by molar-refractivity contribution is 7.89. The van der Waals surface area contributed by atoms with E-state index in [1.54, 1.807) is 13.8 Å². The number of imidazole rings is 1. The summed E-state index contributed by atoms with van der Waals surface area (Å²) < 4.78 is 34.8. The van der Waals surface area contributed by atoms with Crippen molar-refractivity contribution >= 4 is 27.0 Å². The lowest BCUT2D eigenvalue weighted by Crippen LogP contribution is -2.46. The molecule has 9 nitrogen and oxygen atoms in total. The number of piperidine rings is 1. The molecule has 3 aromatic rings. The van der Waals surface area contributed by atoms with Gasteiger partial charge in [0.25, 0.3) is 0 Å². The normalized spacial score (nSPS) is 18.7. The number of para-hydroxylation sites is 2. The number of aryl methyl sites for hydroxylation is 3. The van der Waals surface area contributed by atoms with E-state index in [1.165, 1.54) is 4.31 Å². The van der Waals surface area contributed by atoms with Crippen LogP contribution in [0.25, 0.3) is 11.0 Å². The van der Waals surface area contributed by atoms with Crippen LogP contribution < -0.4 is 5.32 Å². The molecule has 1 saturated heterocycles. The van der Waals surface area contributed by atoms with E-state index >= 15 is 0 Å². The molecular weight excluding hydrogens is 430 g/mol. The van der Waals surface area contributed by atoms with Gasteiger partial charge < -0.3 is 14.4 Å². The van der Waals surface area contributed by atoms with Crippen molar-refractivity contribution in [2.24, 2.45) is 5.92 Å². The number of amides is 1. The Bertz CT molecular complexity index is 1230. The minimum absolute atomic E-state index is 0.101. The van der Waals surface area contributed by atoms with Gasteiger partial charge in [-0.1, -0.05) is 17.3 Å². The van der Waals surface area contributed by atoms with Crippen LogP contribution in [0.2, 0.25) is 0 Å². The fourth-order valence-corrected chi connectivity index (χ4v) is 6.31. The molecule has 2 aromatic heterocycles. The zero-order valence-electron chi connectivity index (χ0n) is 18.8. The molecule has 0 saturated carbocycles. The Kier molecular flexibility index (Phi) is 6.09. The van der Waals surface area contributed by atoms with E-state index in [-0.39, 0.29) is 29.1 Å². The molecule has 2 atom stereocenters. The summed E-state index contributed by atoms with van der Waals surface area (Å²) in [6.07, 6.45) is 1.25. The van der Waals surface area contributed by atoms with Gasteiger partial charge in [0.2, 0.25) is 15.9 Å². The first kappa shape index (κ1) is 22.5. The number of carbonyl (C=O) groups excluding carboxylic acids is 1. The Morgan fingerprint density at radius 2 is 2.06 bits per heavy atom. The summed E-state index contributed by atoms with van der Waals surface area (Å²) in [6.45, 7) is 8.40. The summed E-state index contributed by atoms with van der Waals surface area (Å²) >= 11 is 0. The van der Waals surface area contributed by atoms with Gasteiger partial charge >= 0.3 is 0 Å². The van der Waals surface area contributed by atoms with Crippen LogP contribution in [0.5, 0.6) is 0 Å². The lowest BCUT2D eigenvalue weighted by atomic mass is 9.98. The van der Waals surface area contributed by atoms with Crippen LogP contribution >= 0.6 is 0 Å². The maximum absolute atomic E-state index is 13.2. The van der Waals surface area contributed by atoms with Gasteiger partial charge in [-0.2, -0.15) is 4.31 Å². The van der Waals surface area contributed by atoms with Gasteiger partial charge in [0, 0.05) is 19.6 Å². The number of nitrogens with zero attached hydrogens (tertiary/aromatic N) is 4. The van der Waals surface area contributed by atoms with Crippen LogP contribution in [0.1, 0.15) is 50.0 Å². The fraction of sp³-hybridized carbons (Fsp3) is 0.500. The second kappa shape index (κ2) is 8.67. The number of fused-ring (bicyclic) bond motifs is 1. The van der Waals surface area contributed by atoms with Crippen molar-refractivity contribution in [2.45, 2.75) is 58.0 Å². The summed E-state index contributed by atoms with van der Waals surface area (Å²) in [6, 6.07) is 7.59. The summed E-state index contributed by atoms with van der Waals surface area (Å²) in [7, 11) is -3.77. The fourth-order valence-electron chi connectivity index (χ4n) is 4.50. The van der Waals surface area contributed by atoms with Crippen molar-refractivity contribution < 1.29 is 17.7 Å². The van der Waals surface area contributed by atoms with Crippen LogP contribution in [0, 0.1) is 19.8 Å². The van der Waals surface area contributed by atoms with Crippen LogP contribution in [-0.4, -0.2) is 46.4 Å². The van der Waals surface area contributed by atoms with Crippen molar-refractivity contribution in [1.82, 2.24) is 24.3 Å². The number of nitrogens with one attached hydrogen (secondary N) is 1. The van der Waals surface area contributed by atoms with Crippen LogP contribution in [0.3, 0.4) is 0 Å². The molecule has 1 amide bonds. The van der Waals surface area contributed by atoms with Gasteiger partial charge in [-0.3, -0.25) is 4.79 Å². The highest BCUT2D eigenvalue weighted by atomic mass is 32.2. The van der Waals surface area contributed by atoms with Crippen LogP contribution in [0.4, 0.5) is 0 Å². The highest BCUT2D eigenvalue weighted by Crippen LogP contribution is 2.28. The van der Waals surface area contributed by atoms with E-state index in [9.17, 15) is 13.2 Å². The first-order valence-electron chi connectivity index (χ1n) is 10.9. The number of benzene rings is 1. The summed E-state index contributed by atoms with van der Waals surface area (Å²) in [4.78, 5) is 17.9. The van der Waals surface area contributed by atoms with Crippen LogP contribution in [-0.2, 0) is 21.4 Å². The van der Waals surface area contributed by atoms with Gasteiger partial charge in [0.05, 0.1) is 23.0 Å². The molecule has 1 N–H and O–H groups in total. The zero-order valence-corrected chi connectivity index (χ0v) is 19.6. The largest absolute Gasteiger partial charge is 0.360 e. The summed E-state index contributed by atoms with van der Waals surface area (Å²) in [5.41, 5.74) is 2.25. The average molecular weight is 460 g/mol. The van der Waals surface area contributed by atoms with Crippen molar-refractivity contribution in [1.29, 1.82) is 0 Å². The smallest absolute Gasteiger partial charge is 0.248 e. The minimum Gasteiger partial charge on any atom is -0.360 e. The van der Waals surface area contributed by atoms with E-state index in [4.69, 9.17) is 9.51 Å². The molecule has 0 radical (unpaired) electrons. The quantitative estimate of drug-likeness (QED) is 0.607.